The fourth-order valence-electron chi connectivity index (χ4n) is 6.49. The van der Waals surface area contributed by atoms with Gasteiger partial charge in [-0.2, -0.15) is 10.5 Å². The third kappa shape index (κ3) is 17.7. The molecule has 0 aliphatic rings. The van der Waals surface area contributed by atoms with Crippen LogP contribution in [0.15, 0.2) is 72.8 Å². The van der Waals surface area contributed by atoms with E-state index in [0.717, 1.165) is 59.3 Å². The van der Waals surface area contributed by atoms with Gasteiger partial charge in [-0.05, 0) is 71.5 Å². The molecule has 286 valence electrons. The molecule has 0 saturated heterocycles. The lowest BCUT2D eigenvalue weighted by atomic mass is 9.98. The van der Waals surface area contributed by atoms with Crippen LogP contribution in [0.3, 0.4) is 0 Å². The van der Waals surface area contributed by atoms with Crippen LogP contribution in [0.2, 0.25) is 0 Å². The number of carbonyl (C=O) groups is 2. The van der Waals surface area contributed by atoms with E-state index in [1.54, 1.807) is 0 Å². The molecule has 54 heavy (non-hydrogen) atoms. The fraction of sp³-hybridized carbons (Fsp3) is 0.458. The molecule has 0 spiro atoms. The van der Waals surface area contributed by atoms with Gasteiger partial charge in [0.1, 0.15) is 0 Å². The van der Waals surface area contributed by atoms with Crippen molar-refractivity contribution in [3.63, 3.8) is 0 Å². The summed E-state index contributed by atoms with van der Waals surface area (Å²) in [4.78, 5) is 24.9. The van der Waals surface area contributed by atoms with E-state index in [9.17, 15) is 20.1 Å². The molecular formula is C48H62N4O2. The third-order valence-electron chi connectivity index (χ3n) is 9.77. The Labute approximate surface area is 325 Å². The van der Waals surface area contributed by atoms with E-state index in [4.69, 9.17) is 0 Å². The largest absolute Gasteiger partial charge is 0.326 e. The van der Waals surface area contributed by atoms with Gasteiger partial charge >= 0.3 is 0 Å². The summed E-state index contributed by atoms with van der Waals surface area (Å²) in [6.07, 6.45) is 26.7. The maximum atomic E-state index is 12.4. The van der Waals surface area contributed by atoms with Crippen LogP contribution >= 0.6 is 0 Å². The van der Waals surface area contributed by atoms with Gasteiger partial charge in [0.05, 0.1) is 23.3 Å². The lowest BCUT2D eigenvalue weighted by Crippen LogP contribution is -2.10. The number of nitrogens with one attached hydrogen (secondary N) is 2. The van der Waals surface area contributed by atoms with E-state index in [2.05, 4.69) is 36.6 Å². The molecule has 0 radical (unpaired) electrons. The van der Waals surface area contributed by atoms with Crippen molar-refractivity contribution in [1.29, 1.82) is 10.5 Å². The van der Waals surface area contributed by atoms with Crippen LogP contribution in [0.4, 0.5) is 11.4 Å². The topological polar surface area (TPSA) is 106 Å². The number of rotatable bonds is 26. The number of amides is 2. The predicted octanol–water partition coefficient (Wildman–Crippen LogP) is 13.5. The number of nitriles is 2. The van der Waals surface area contributed by atoms with E-state index in [0.29, 0.717) is 24.0 Å². The molecule has 0 fully saturated rings. The second-order valence-corrected chi connectivity index (χ2v) is 14.4. The number of benzene rings is 3. The molecule has 6 nitrogen and oxygen atoms in total. The maximum Gasteiger partial charge on any atom is 0.224 e. The highest BCUT2D eigenvalue weighted by atomic mass is 16.2. The first kappa shape index (κ1) is 43.5. The minimum Gasteiger partial charge on any atom is -0.326 e. The van der Waals surface area contributed by atoms with E-state index in [-0.39, 0.29) is 11.8 Å². The van der Waals surface area contributed by atoms with Crippen molar-refractivity contribution in [3.8, 4) is 12.1 Å². The van der Waals surface area contributed by atoms with Crippen LogP contribution < -0.4 is 10.6 Å². The van der Waals surface area contributed by atoms with E-state index < -0.39 is 0 Å². The van der Waals surface area contributed by atoms with Crippen molar-refractivity contribution < 1.29 is 9.59 Å². The van der Waals surface area contributed by atoms with Crippen LogP contribution in [0.1, 0.15) is 165 Å². The molecule has 0 heterocycles. The summed E-state index contributed by atoms with van der Waals surface area (Å²) < 4.78 is 0. The van der Waals surface area contributed by atoms with Gasteiger partial charge in [0.25, 0.3) is 0 Å². The highest BCUT2D eigenvalue weighted by Crippen LogP contribution is 2.24. The lowest BCUT2D eigenvalue weighted by Gasteiger charge is -2.07. The Kier molecular flexibility index (Phi) is 21.5. The van der Waals surface area contributed by atoms with Gasteiger partial charge in [-0.25, -0.2) is 0 Å². The zero-order valence-corrected chi connectivity index (χ0v) is 32.9. The molecule has 0 aliphatic carbocycles. The van der Waals surface area contributed by atoms with Gasteiger partial charge in [-0.3, -0.25) is 9.59 Å². The first-order valence-electron chi connectivity index (χ1n) is 20.6. The smallest absolute Gasteiger partial charge is 0.224 e. The Morgan fingerprint density at radius 3 is 1.06 bits per heavy atom. The predicted molar refractivity (Wildman–Crippen MR) is 227 cm³/mol. The first-order valence-corrected chi connectivity index (χ1v) is 20.6. The Balaban J connectivity index is 1.45. The van der Waals surface area contributed by atoms with Crippen LogP contribution in [0.25, 0.3) is 23.3 Å². The zero-order chi connectivity index (χ0) is 38.6. The zero-order valence-electron chi connectivity index (χ0n) is 32.9. The maximum absolute atomic E-state index is 12.4. The monoisotopic (exact) mass is 726 g/mol. The molecule has 0 atom stereocenters. The highest BCUT2D eigenvalue weighted by molar-refractivity contribution is 5.94. The minimum atomic E-state index is 0.0325. The van der Waals surface area contributed by atoms with Gasteiger partial charge in [-0.1, -0.05) is 165 Å². The summed E-state index contributed by atoms with van der Waals surface area (Å²) in [5.41, 5.74) is 5.70. The van der Waals surface area contributed by atoms with E-state index in [1.807, 2.05) is 84.9 Å². The summed E-state index contributed by atoms with van der Waals surface area (Å²) in [6, 6.07) is 27.0. The van der Waals surface area contributed by atoms with Crippen molar-refractivity contribution in [3.05, 3.63) is 95.1 Å². The van der Waals surface area contributed by atoms with Gasteiger partial charge in [0.15, 0.2) is 0 Å². The molecule has 2 N–H and O–H groups in total. The quantitative estimate of drug-likeness (QED) is 0.0488. The summed E-state index contributed by atoms with van der Waals surface area (Å²) in [5, 5.41) is 25.8. The molecule has 0 bridgehead atoms. The number of hydrogen-bond acceptors (Lipinski definition) is 4. The molecule has 2 amide bonds. The summed E-state index contributed by atoms with van der Waals surface area (Å²) >= 11 is 0. The molecule has 0 aliphatic heterocycles. The van der Waals surface area contributed by atoms with Crippen molar-refractivity contribution >= 4 is 46.5 Å². The second kappa shape index (κ2) is 26.8. The fourth-order valence-corrected chi connectivity index (χ4v) is 6.49. The van der Waals surface area contributed by atoms with Crippen molar-refractivity contribution in [1.82, 2.24) is 0 Å². The Morgan fingerprint density at radius 1 is 0.463 bits per heavy atom. The molecule has 6 heteroatoms. The first-order chi connectivity index (χ1) is 26.4. The van der Waals surface area contributed by atoms with E-state index >= 15 is 0 Å². The Morgan fingerprint density at radius 2 is 0.759 bits per heavy atom. The van der Waals surface area contributed by atoms with Gasteiger partial charge < -0.3 is 10.6 Å². The molecule has 0 unspecified atom stereocenters. The summed E-state index contributed by atoms with van der Waals surface area (Å²) in [5.74, 6) is 0.0651. The molecule has 0 aromatic heterocycles. The molecular weight excluding hydrogens is 665 g/mol. The minimum absolute atomic E-state index is 0.0325. The lowest BCUT2D eigenvalue weighted by molar-refractivity contribution is -0.117. The van der Waals surface area contributed by atoms with Crippen LogP contribution in [-0.2, 0) is 9.59 Å². The number of carbonyl (C=O) groups excluding carboxylic acids is 2. The number of hydrogen-bond donors (Lipinski definition) is 2. The number of anilines is 2. The summed E-state index contributed by atoms with van der Waals surface area (Å²) in [6.45, 7) is 4.47. The van der Waals surface area contributed by atoms with Crippen molar-refractivity contribution in [2.24, 2.45) is 0 Å². The number of unbranched alkanes of at least 4 members (excludes halogenated alkanes) is 16. The normalized spacial score (nSPS) is 11.5. The SMILES string of the molecule is CCCCCCCCCCCC(=O)Nc1ccc(C=C(C#N)c2ccc(C(C#N)=Cc3ccc(NC(=O)CCCCCCCCCCC)cc3)cc2)cc1. The van der Waals surface area contributed by atoms with E-state index in [1.165, 1.54) is 89.9 Å². The molecule has 3 aromatic rings. The number of allylic oxidation sites excluding steroid dienone is 2. The van der Waals surface area contributed by atoms with Crippen LogP contribution in [0.5, 0.6) is 0 Å². The summed E-state index contributed by atoms with van der Waals surface area (Å²) in [7, 11) is 0. The highest BCUT2D eigenvalue weighted by Gasteiger charge is 2.08. The van der Waals surface area contributed by atoms with Gasteiger partial charge in [0, 0.05) is 24.2 Å². The Hall–Kier alpha value is -4.94. The third-order valence-corrected chi connectivity index (χ3v) is 9.77. The Bertz CT molecular complexity index is 1550. The molecule has 3 rings (SSSR count). The van der Waals surface area contributed by atoms with Crippen LogP contribution in [0, 0.1) is 22.7 Å². The average Bonchev–Trinajstić information content (AvgIpc) is 3.19. The second-order valence-electron chi connectivity index (χ2n) is 14.4. The average molecular weight is 727 g/mol. The van der Waals surface area contributed by atoms with Crippen LogP contribution in [-0.4, -0.2) is 11.8 Å². The van der Waals surface area contributed by atoms with Gasteiger partial charge in [0.2, 0.25) is 11.8 Å². The van der Waals surface area contributed by atoms with Crippen molar-refractivity contribution in [2.45, 2.75) is 142 Å². The van der Waals surface area contributed by atoms with Crippen molar-refractivity contribution in [2.75, 3.05) is 10.6 Å². The standard InChI is InChI=1S/C48H62N4O2/c1-3-5-7-9-11-13-15-17-19-21-47(53)51-45-31-23-39(24-32-45)35-43(37-49)41-27-29-42(30-28-41)44(38-50)36-40-25-33-46(34-26-40)52-48(54)22-20-18-16-14-12-10-8-6-4-2/h23-36H,3-22H2,1-2H3,(H,51,53)(H,52,54). The van der Waals surface area contributed by atoms with Gasteiger partial charge in [-0.15, -0.1) is 0 Å². The molecule has 0 saturated carbocycles. The molecule has 3 aromatic carbocycles. The number of nitrogens with zero attached hydrogens (tertiary/aromatic N) is 2.